The second-order valence-corrected chi connectivity index (χ2v) is 6.61. The van der Waals surface area contributed by atoms with Crippen molar-refractivity contribution in [3.8, 4) is 0 Å². The second-order valence-electron chi connectivity index (χ2n) is 5.70. The van der Waals surface area contributed by atoms with Crippen LogP contribution < -0.4 is 0 Å². The summed E-state index contributed by atoms with van der Waals surface area (Å²) in [4.78, 5) is 14.3. The van der Waals surface area contributed by atoms with Gasteiger partial charge in [0.15, 0.2) is 5.72 Å². The summed E-state index contributed by atoms with van der Waals surface area (Å²) in [5.41, 5.74) is 0.959. The number of allylic oxidation sites excluding steroid dienone is 1. The molecule has 0 bridgehead atoms. The van der Waals surface area contributed by atoms with Gasteiger partial charge < -0.3 is 14.2 Å². The summed E-state index contributed by atoms with van der Waals surface area (Å²) >= 11 is 3.47. The molecule has 1 atom stereocenters. The molecule has 1 saturated heterocycles. The van der Waals surface area contributed by atoms with Gasteiger partial charge in [-0.25, -0.2) is 4.79 Å². The fourth-order valence-electron chi connectivity index (χ4n) is 3.21. The maximum atomic E-state index is 12.1. The predicted octanol–water partition coefficient (Wildman–Crippen LogP) is 2.80. The van der Waals surface area contributed by atoms with E-state index in [0.29, 0.717) is 31.0 Å². The quantitative estimate of drug-likeness (QED) is 0.753. The Bertz CT molecular complexity index is 622. The molecule has 1 fully saturated rings. The van der Waals surface area contributed by atoms with Crippen LogP contribution in [0.2, 0.25) is 0 Å². The van der Waals surface area contributed by atoms with Crippen molar-refractivity contribution in [1.82, 2.24) is 4.90 Å². The van der Waals surface area contributed by atoms with Gasteiger partial charge in [0.2, 0.25) is 0 Å². The standard InChI is InChI=1S/C17H20BrNO4/c1-12-15(16(20)21-2)11-17(23-12,19-7-9-22-10-8-19)13-3-5-14(18)6-4-13/h3-6H,7-11H2,1-2H3. The molecule has 1 unspecified atom stereocenters. The normalized spacial score (nSPS) is 25.3. The van der Waals surface area contributed by atoms with Crippen molar-refractivity contribution in [2.24, 2.45) is 0 Å². The van der Waals surface area contributed by atoms with Crippen LogP contribution in [0.3, 0.4) is 0 Å². The molecule has 1 aromatic rings. The molecule has 3 rings (SSSR count). The molecule has 6 heteroatoms. The molecule has 5 nitrogen and oxygen atoms in total. The lowest BCUT2D eigenvalue weighted by atomic mass is 9.94. The van der Waals surface area contributed by atoms with E-state index in [1.807, 2.05) is 31.2 Å². The smallest absolute Gasteiger partial charge is 0.337 e. The number of rotatable bonds is 3. The zero-order chi connectivity index (χ0) is 16.4. The van der Waals surface area contributed by atoms with Gasteiger partial charge in [-0.2, -0.15) is 0 Å². The molecule has 2 heterocycles. The van der Waals surface area contributed by atoms with Gasteiger partial charge in [0.25, 0.3) is 0 Å². The zero-order valence-corrected chi connectivity index (χ0v) is 14.9. The molecular formula is C17H20BrNO4. The average Bonchev–Trinajstić information content (AvgIpc) is 2.94. The molecular weight excluding hydrogens is 362 g/mol. The molecule has 124 valence electrons. The van der Waals surface area contributed by atoms with Crippen LogP contribution in [0.25, 0.3) is 0 Å². The fourth-order valence-corrected chi connectivity index (χ4v) is 3.47. The highest BCUT2D eigenvalue weighted by atomic mass is 79.9. The van der Waals surface area contributed by atoms with E-state index in [-0.39, 0.29) is 5.97 Å². The van der Waals surface area contributed by atoms with E-state index in [1.54, 1.807) is 0 Å². The highest BCUT2D eigenvalue weighted by molar-refractivity contribution is 9.10. The van der Waals surface area contributed by atoms with Gasteiger partial charge in [0.1, 0.15) is 5.76 Å². The largest absolute Gasteiger partial charge is 0.472 e. The summed E-state index contributed by atoms with van der Waals surface area (Å²) in [5.74, 6) is 0.306. The summed E-state index contributed by atoms with van der Waals surface area (Å²) in [6, 6.07) is 8.05. The molecule has 0 aromatic heterocycles. The fraction of sp³-hybridized carbons (Fsp3) is 0.471. The van der Waals surface area contributed by atoms with Gasteiger partial charge in [-0.3, -0.25) is 4.90 Å². The van der Waals surface area contributed by atoms with Crippen LogP contribution in [0.1, 0.15) is 18.9 Å². The number of morpholine rings is 1. The van der Waals surface area contributed by atoms with Gasteiger partial charge in [0.05, 0.1) is 25.9 Å². The third-order valence-electron chi connectivity index (χ3n) is 4.41. The number of hydrogen-bond acceptors (Lipinski definition) is 5. The summed E-state index contributed by atoms with van der Waals surface area (Å²) in [7, 11) is 1.40. The van der Waals surface area contributed by atoms with Crippen LogP contribution in [0.15, 0.2) is 40.1 Å². The number of nitrogens with zero attached hydrogens (tertiary/aromatic N) is 1. The summed E-state index contributed by atoms with van der Waals surface area (Å²) in [6.45, 7) is 4.67. The van der Waals surface area contributed by atoms with Crippen LogP contribution in [0, 0.1) is 0 Å². The maximum absolute atomic E-state index is 12.1. The van der Waals surface area contributed by atoms with E-state index in [9.17, 15) is 4.79 Å². The number of ether oxygens (including phenoxy) is 3. The Morgan fingerprint density at radius 2 is 1.91 bits per heavy atom. The average molecular weight is 382 g/mol. The predicted molar refractivity (Wildman–Crippen MR) is 88.6 cm³/mol. The Labute approximate surface area is 144 Å². The minimum atomic E-state index is -0.669. The lowest BCUT2D eigenvalue weighted by molar-refractivity contribution is -0.149. The van der Waals surface area contributed by atoms with Crippen molar-refractivity contribution in [3.05, 3.63) is 45.6 Å². The van der Waals surface area contributed by atoms with E-state index >= 15 is 0 Å². The van der Waals surface area contributed by atoms with Gasteiger partial charge in [-0.1, -0.05) is 28.1 Å². The second kappa shape index (κ2) is 6.63. The van der Waals surface area contributed by atoms with E-state index in [2.05, 4.69) is 20.8 Å². The van der Waals surface area contributed by atoms with E-state index < -0.39 is 5.72 Å². The molecule has 1 aromatic carbocycles. The van der Waals surface area contributed by atoms with Crippen LogP contribution in [-0.4, -0.2) is 44.3 Å². The number of halogens is 1. The van der Waals surface area contributed by atoms with Crippen LogP contribution in [-0.2, 0) is 24.7 Å². The number of methoxy groups -OCH3 is 1. The Hall–Kier alpha value is -1.37. The number of hydrogen-bond donors (Lipinski definition) is 0. The molecule has 2 aliphatic rings. The Morgan fingerprint density at radius 1 is 1.26 bits per heavy atom. The third-order valence-corrected chi connectivity index (χ3v) is 4.94. The van der Waals surface area contributed by atoms with Crippen molar-refractivity contribution in [2.75, 3.05) is 33.4 Å². The SMILES string of the molecule is COC(=O)C1=C(C)OC(c2ccc(Br)cc2)(N2CCOCC2)C1. The molecule has 0 N–H and O–H groups in total. The van der Waals surface area contributed by atoms with E-state index in [0.717, 1.165) is 23.1 Å². The van der Waals surface area contributed by atoms with Crippen LogP contribution in [0.4, 0.5) is 0 Å². The molecule has 23 heavy (non-hydrogen) atoms. The first-order chi connectivity index (χ1) is 11.1. The van der Waals surface area contributed by atoms with Gasteiger partial charge >= 0.3 is 5.97 Å². The Kier molecular flexibility index (Phi) is 4.75. The molecule has 0 aliphatic carbocycles. The van der Waals surface area contributed by atoms with Crippen LogP contribution >= 0.6 is 15.9 Å². The summed E-state index contributed by atoms with van der Waals surface area (Å²) < 4.78 is 17.7. The molecule has 0 radical (unpaired) electrons. The van der Waals surface area contributed by atoms with Crippen molar-refractivity contribution in [1.29, 1.82) is 0 Å². The molecule has 0 amide bonds. The van der Waals surface area contributed by atoms with Crippen molar-refractivity contribution >= 4 is 21.9 Å². The van der Waals surface area contributed by atoms with Gasteiger partial charge in [-0.05, 0) is 19.1 Å². The molecule has 0 saturated carbocycles. The number of carbonyl (C=O) groups excluding carboxylic acids is 1. The third kappa shape index (κ3) is 3.03. The lowest BCUT2D eigenvalue weighted by Crippen LogP contribution is -2.51. The lowest BCUT2D eigenvalue weighted by Gasteiger charge is -2.43. The first-order valence-corrected chi connectivity index (χ1v) is 8.42. The summed E-state index contributed by atoms with van der Waals surface area (Å²) in [6.07, 6.45) is 0.479. The summed E-state index contributed by atoms with van der Waals surface area (Å²) in [5, 5.41) is 0. The number of benzene rings is 1. The number of esters is 1. The van der Waals surface area contributed by atoms with E-state index in [4.69, 9.17) is 14.2 Å². The Balaban J connectivity index is 1.99. The molecule has 2 aliphatic heterocycles. The Morgan fingerprint density at radius 3 is 2.52 bits per heavy atom. The van der Waals surface area contributed by atoms with Gasteiger partial charge in [-0.15, -0.1) is 0 Å². The molecule has 0 spiro atoms. The first-order valence-electron chi connectivity index (χ1n) is 7.63. The van der Waals surface area contributed by atoms with E-state index in [1.165, 1.54) is 7.11 Å². The minimum absolute atomic E-state index is 0.324. The highest BCUT2D eigenvalue weighted by Gasteiger charge is 2.48. The van der Waals surface area contributed by atoms with Crippen molar-refractivity contribution in [2.45, 2.75) is 19.1 Å². The maximum Gasteiger partial charge on any atom is 0.337 e. The number of carbonyl (C=O) groups is 1. The van der Waals surface area contributed by atoms with Gasteiger partial charge in [0, 0.05) is 29.5 Å². The van der Waals surface area contributed by atoms with Crippen LogP contribution in [0.5, 0.6) is 0 Å². The first kappa shape index (κ1) is 16.5. The monoisotopic (exact) mass is 381 g/mol. The van der Waals surface area contributed by atoms with Crippen molar-refractivity contribution < 1.29 is 19.0 Å². The topological polar surface area (TPSA) is 48.0 Å². The zero-order valence-electron chi connectivity index (χ0n) is 13.3. The van der Waals surface area contributed by atoms with Crippen molar-refractivity contribution in [3.63, 3.8) is 0 Å². The minimum Gasteiger partial charge on any atom is -0.472 e. The highest BCUT2D eigenvalue weighted by Crippen LogP contribution is 2.45.